The number of thioether (sulfide) groups is 1. The lowest BCUT2D eigenvalue weighted by Gasteiger charge is -2.18. The lowest BCUT2D eigenvalue weighted by molar-refractivity contribution is -0.122. The number of hydrogen-bond acceptors (Lipinski definition) is 6. The van der Waals surface area contributed by atoms with Crippen LogP contribution in [0.25, 0.3) is 5.57 Å². The van der Waals surface area contributed by atoms with E-state index in [2.05, 4.69) is 0 Å². The van der Waals surface area contributed by atoms with E-state index in [1.807, 2.05) is 0 Å². The zero-order valence-electron chi connectivity index (χ0n) is 15.8. The summed E-state index contributed by atoms with van der Waals surface area (Å²) in [6.45, 7) is 3.02. The summed E-state index contributed by atoms with van der Waals surface area (Å²) in [5.74, 6) is -2.70. The molecule has 2 aromatic carbocycles. The number of carboxylic acid groups (broad SMARTS) is 1. The fourth-order valence-corrected chi connectivity index (χ4v) is 4.81. The first-order valence-electron chi connectivity index (χ1n) is 8.81. The highest BCUT2D eigenvalue weighted by atomic mass is 32.2. The second-order valence-electron chi connectivity index (χ2n) is 6.70. The normalized spacial score (nSPS) is 18.3. The maximum atomic E-state index is 13.3. The predicted octanol–water partition coefficient (Wildman–Crippen LogP) is 3.36. The van der Waals surface area contributed by atoms with Crippen molar-refractivity contribution in [3.05, 3.63) is 64.1 Å². The average molecular weight is 438 g/mol. The highest BCUT2D eigenvalue weighted by Gasteiger charge is 2.43. The molecule has 0 radical (unpaired) electrons. The van der Waals surface area contributed by atoms with Gasteiger partial charge in [0.1, 0.15) is 0 Å². The molecule has 2 aliphatic heterocycles. The van der Waals surface area contributed by atoms with Crippen molar-refractivity contribution in [1.29, 1.82) is 0 Å². The van der Waals surface area contributed by atoms with Gasteiger partial charge in [-0.2, -0.15) is 0 Å². The van der Waals surface area contributed by atoms with Crippen LogP contribution in [0.2, 0.25) is 0 Å². The van der Waals surface area contributed by atoms with Crippen LogP contribution >= 0.6 is 24.0 Å². The van der Waals surface area contributed by atoms with E-state index in [-0.39, 0.29) is 20.4 Å². The predicted molar refractivity (Wildman–Crippen MR) is 117 cm³/mol. The van der Waals surface area contributed by atoms with Gasteiger partial charge in [-0.25, -0.2) is 9.69 Å². The molecule has 2 aromatic rings. The van der Waals surface area contributed by atoms with Crippen molar-refractivity contribution >= 4 is 68.9 Å². The molecule has 3 amide bonds. The average Bonchev–Trinajstić information content (AvgIpc) is 3.14. The number of hydrogen-bond donors (Lipinski definition) is 1. The zero-order valence-corrected chi connectivity index (χ0v) is 17.5. The molecule has 0 aromatic heterocycles. The molecule has 1 fully saturated rings. The van der Waals surface area contributed by atoms with E-state index in [4.69, 9.17) is 12.2 Å². The van der Waals surface area contributed by atoms with Gasteiger partial charge in [-0.15, -0.1) is 0 Å². The molecule has 0 spiro atoms. The molecule has 0 aliphatic carbocycles. The standard InChI is InChI=1S/C21H14N2O5S2/c1-10-7-8-12(20(27)28)9-15(10)23-19(26)17(30-21(23)29)16-13-5-3-4-6-14(13)22(11(2)24)18(16)25/h3-9H,1-2H3,(H,27,28)/b17-16-. The fraction of sp³-hybridized carbons (Fsp3) is 0.0952. The van der Waals surface area contributed by atoms with Crippen LogP contribution in [0.3, 0.4) is 0 Å². The summed E-state index contributed by atoms with van der Waals surface area (Å²) in [5.41, 5.74) is 2.03. The maximum absolute atomic E-state index is 13.3. The number of benzene rings is 2. The Labute approximate surface area is 181 Å². The number of para-hydroxylation sites is 1. The number of carboxylic acids is 1. The second kappa shape index (κ2) is 7.19. The van der Waals surface area contributed by atoms with Crippen molar-refractivity contribution in [2.24, 2.45) is 0 Å². The minimum absolute atomic E-state index is 0.0161. The molecule has 4 rings (SSSR count). The molecule has 0 unspecified atom stereocenters. The van der Waals surface area contributed by atoms with Crippen LogP contribution in [0.5, 0.6) is 0 Å². The smallest absolute Gasteiger partial charge is 0.335 e. The fourth-order valence-electron chi connectivity index (χ4n) is 3.46. The SMILES string of the molecule is CC(=O)N1C(=O)/C(=C2\SC(=S)N(c3cc(C(=O)O)ccc3C)C2=O)c2ccccc21. The van der Waals surface area contributed by atoms with E-state index in [0.29, 0.717) is 22.5 Å². The van der Waals surface area contributed by atoms with Gasteiger partial charge in [0, 0.05) is 12.5 Å². The molecule has 1 saturated heterocycles. The van der Waals surface area contributed by atoms with E-state index in [1.54, 1.807) is 37.3 Å². The van der Waals surface area contributed by atoms with Crippen LogP contribution in [0, 0.1) is 6.92 Å². The number of thiocarbonyl (C=S) groups is 1. The summed E-state index contributed by atoms with van der Waals surface area (Å²) in [7, 11) is 0. The van der Waals surface area contributed by atoms with Gasteiger partial charge < -0.3 is 5.11 Å². The monoisotopic (exact) mass is 438 g/mol. The van der Waals surface area contributed by atoms with Gasteiger partial charge in [0.15, 0.2) is 4.32 Å². The Morgan fingerprint density at radius 3 is 2.40 bits per heavy atom. The van der Waals surface area contributed by atoms with Gasteiger partial charge in [-0.05, 0) is 30.7 Å². The molecule has 2 heterocycles. The van der Waals surface area contributed by atoms with Gasteiger partial charge in [0.05, 0.1) is 27.4 Å². The van der Waals surface area contributed by atoms with Gasteiger partial charge >= 0.3 is 5.97 Å². The first-order valence-corrected chi connectivity index (χ1v) is 10.0. The van der Waals surface area contributed by atoms with E-state index < -0.39 is 23.7 Å². The Morgan fingerprint density at radius 2 is 1.73 bits per heavy atom. The molecule has 0 bridgehead atoms. The van der Waals surface area contributed by atoms with Crippen LogP contribution in [0.15, 0.2) is 47.4 Å². The first-order chi connectivity index (χ1) is 14.2. The van der Waals surface area contributed by atoms with Crippen LogP contribution in [0.4, 0.5) is 11.4 Å². The van der Waals surface area contributed by atoms with E-state index in [1.165, 1.54) is 24.0 Å². The highest BCUT2D eigenvalue weighted by Crippen LogP contribution is 2.46. The number of imide groups is 1. The second-order valence-corrected chi connectivity index (χ2v) is 8.34. The van der Waals surface area contributed by atoms with Crippen LogP contribution in [0.1, 0.15) is 28.4 Å². The largest absolute Gasteiger partial charge is 0.478 e. The molecule has 0 saturated carbocycles. The number of rotatable bonds is 2. The summed E-state index contributed by atoms with van der Waals surface area (Å²) < 4.78 is 0.180. The summed E-state index contributed by atoms with van der Waals surface area (Å²) in [6.07, 6.45) is 0. The summed E-state index contributed by atoms with van der Waals surface area (Å²) in [5, 5.41) is 9.29. The number of carbonyl (C=O) groups excluding carboxylic acids is 3. The molecule has 0 atom stereocenters. The van der Waals surface area contributed by atoms with Crippen molar-refractivity contribution in [2.75, 3.05) is 9.80 Å². The zero-order chi connectivity index (χ0) is 21.7. The maximum Gasteiger partial charge on any atom is 0.335 e. The molecule has 1 N–H and O–H groups in total. The number of nitrogens with zero attached hydrogens (tertiary/aromatic N) is 2. The number of anilines is 2. The molecular weight excluding hydrogens is 424 g/mol. The number of fused-ring (bicyclic) bond motifs is 1. The summed E-state index contributed by atoms with van der Waals surface area (Å²) in [4.78, 5) is 52.2. The van der Waals surface area contributed by atoms with Crippen LogP contribution < -0.4 is 9.80 Å². The van der Waals surface area contributed by atoms with Gasteiger partial charge in [-0.1, -0.05) is 48.2 Å². The van der Waals surface area contributed by atoms with Crippen molar-refractivity contribution < 1.29 is 24.3 Å². The van der Waals surface area contributed by atoms with Crippen molar-refractivity contribution in [3.63, 3.8) is 0 Å². The minimum atomic E-state index is -1.13. The lowest BCUT2D eigenvalue weighted by Crippen LogP contribution is -2.32. The quantitative estimate of drug-likeness (QED) is 0.567. The third kappa shape index (κ3) is 2.94. The van der Waals surface area contributed by atoms with Gasteiger partial charge in [-0.3, -0.25) is 19.3 Å². The Balaban J connectivity index is 1.87. The third-order valence-electron chi connectivity index (χ3n) is 4.84. The Bertz CT molecular complexity index is 1220. The Hall–Kier alpha value is -3.30. The van der Waals surface area contributed by atoms with Crippen molar-refractivity contribution in [1.82, 2.24) is 0 Å². The summed E-state index contributed by atoms with van der Waals surface area (Å²) >= 11 is 6.35. The van der Waals surface area contributed by atoms with E-state index >= 15 is 0 Å². The number of aromatic carboxylic acids is 1. The number of amides is 3. The number of aryl methyl sites for hydroxylation is 1. The van der Waals surface area contributed by atoms with Crippen molar-refractivity contribution in [2.45, 2.75) is 13.8 Å². The molecule has 30 heavy (non-hydrogen) atoms. The first kappa shape index (κ1) is 20.0. The van der Waals surface area contributed by atoms with Gasteiger partial charge in [0.25, 0.3) is 11.8 Å². The molecular formula is C21H14N2O5S2. The summed E-state index contributed by atoms with van der Waals surface area (Å²) in [6, 6.07) is 11.2. The van der Waals surface area contributed by atoms with Crippen molar-refractivity contribution in [3.8, 4) is 0 Å². The topological polar surface area (TPSA) is 95.0 Å². The molecule has 2 aliphatic rings. The van der Waals surface area contributed by atoms with Gasteiger partial charge in [0.2, 0.25) is 5.91 Å². The minimum Gasteiger partial charge on any atom is -0.478 e. The van der Waals surface area contributed by atoms with Crippen LogP contribution in [-0.2, 0) is 14.4 Å². The van der Waals surface area contributed by atoms with E-state index in [9.17, 15) is 24.3 Å². The van der Waals surface area contributed by atoms with Crippen LogP contribution in [-0.4, -0.2) is 33.1 Å². The van der Waals surface area contributed by atoms with E-state index in [0.717, 1.165) is 16.7 Å². The molecule has 7 nitrogen and oxygen atoms in total. The highest BCUT2D eigenvalue weighted by molar-refractivity contribution is 8.27. The number of carbonyl (C=O) groups is 4. The third-order valence-corrected chi connectivity index (χ3v) is 6.21. The molecule has 150 valence electrons. The Morgan fingerprint density at radius 1 is 1.03 bits per heavy atom. The molecule has 9 heteroatoms. The lowest BCUT2D eigenvalue weighted by atomic mass is 10.1. The Kier molecular flexibility index (Phi) is 4.79.